The molecule has 0 aliphatic rings. The summed E-state index contributed by atoms with van der Waals surface area (Å²) in [6.45, 7) is 8.38. The van der Waals surface area contributed by atoms with Gasteiger partial charge in [-0.3, -0.25) is 9.87 Å². The largest absolute Gasteiger partial charge is 0.298 e. The first kappa shape index (κ1) is 21.6. The molecule has 0 radical (unpaired) electrons. The van der Waals surface area contributed by atoms with Crippen molar-refractivity contribution in [3.8, 4) is 0 Å². The maximum absolute atomic E-state index is 11.4. The highest BCUT2D eigenvalue weighted by Crippen LogP contribution is 2.15. The molecule has 2 atom stereocenters. The van der Waals surface area contributed by atoms with E-state index in [2.05, 4.69) is 18.3 Å². The van der Waals surface area contributed by atoms with Crippen LogP contribution in [-0.4, -0.2) is 24.9 Å². The molecule has 0 aliphatic heterocycles. The van der Waals surface area contributed by atoms with E-state index >= 15 is 0 Å². The van der Waals surface area contributed by atoms with Gasteiger partial charge >= 0.3 is 0 Å². The van der Waals surface area contributed by atoms with E-state index in [0.29, 0.717) is 12.5 Å². The smallest absolute Gasteiger partial charge is 0.281 e. The van der Waals surface area contributed by atoms with E-state index in [1.165, 1.54) is 38.5 Å². The lowest BCUT2D eigenvalue weighted by molar-refractivity contribution is 0.391. The number of hydrogen-bond donors (Lipinski definition) is 2. The molecule has 0 fully saturated rings. The van der Waals surface area contributed by atoms with Gasteiger partial charge in [-0.15, -0.1) is 0 Å². The molecule has 0 saturated carbocycles. The van der Waals surface area contributed by atoms with Crippen LogP contribution in [0.4, 0.5) is 0 Å². The van der Waals surface area contributed by atoms with Gasteiger partial charge in [-0.1, -0.05) is 71.4 Å². The van der Waals surface area contributed by atoms with Crippen LogP contribution in [0.1, 0.15) is 72.6 Å². The zero-order valence-corrected chi connectivity index (χ0v) is 15.5. The van der Waals surface area contributed by atoms with Gasteiger partial charge in [0.25, 0.3) is 10.1 Å². The van der Waals surface area contributed by atoms with Crippen LogP contribution in [0.15, 0.2) is 12.2 Å². The minimum atomic E-state index is -4.05. The van der Waals surface area contributed by atoms with Crippen molar-refractivity contribution in [3.05, 3.63) is 12.2 Å². The predicted molar refractivity (Wildman–Crippen MR) is 94.5 cm³/mol. The van der Waals surface area contributed by atoms with Crippen molar-refractivity contribution in [2.24, 2.45) is 11.8 Å². The Morgan fingerprint density at radius 1 is 1.09 bits per heavy atom. The summed E-state index contributed by atoms with van der Waals surface area (Å²) in [6, 6.07) is 0. The molecule has 0 saturated heterocycles. The highest BCUT2D eigenvalue weighted by atomic mass is 32.2. The summed E-state index contributed by atoms with van der Waals surface area (Å²) in [7, 11) is -4.05. The molecule has 0 spiro atoms. The highest BCUT2D eigenvalue weighted by Gasteiger charge is 2.26. The van der Waals surface area contributed by atoms with E-state index in [1.54, 1.807) is 13.8 Å². The van der Waals surface area contributed by atoms with Crippen molar-refractivity contribution in [3.63, 3.8) is 0 Å². The number of unbranched alkanes of at least 4 members (excludes halogenated alkanes) is 5. The summed E-state index contributed by atoms with van der Waals surface area (Å²) in [5.74, 6) is 0.162. The molecule has 2 N–H and O–H groups in total. The third-order valence-corrected chi connectivity index (χ3v) is 5.25. The Morgan fingerprint density at radius 3 is 2.18 bits per heavy atom. The Bertz CT molecular complexity index is 391. The van der Waals surface area contributed by atoms with Crippen LogP contribution in [0, 0.1) is 11.8 Å². The first-order valence-electron chi connectivity index (χ1n) is 8.65. The minimum Gasteiger partial charge on any atom is -0.298 e. The van der Waals surface area contributed by atoms with E-state index < -0.39 is 15.5 Å². The van der Waals surface area contributed by atoms with Crippen LogP contribution in [0.3, 0.4) is 0 Å². The zero-order valence-electron chi connectivity index (χ0n) is 14.7. The second-order valence-electron chi connectivity index (χ2n) is 6.43. The number of hydrogen-bond acceptors (Lipinski definition) is 3. The van der Waals surface area contributed by atoms with E-state index in [9.17, 15) is 13.0 Å². The molecular weight excluding hydrogens is 298 g/mol. The average molecular weight is 334 g/mol. The Hall–Kier alpha value is -0.390. The molecule has 0 aliphatic carbocycles. The van der Waals surface area contributed by atoms with Crippen LogP contribution in [0.25, 0.3) is 0 Å². The maximum Gasteiger partial charge on any atom is 0.281 e. The van der Waals surface area contributed by atoms with Gasteiger partial charge < -0.3 is 0 Å². The minimum absolute atomic E-state index is 0.157. The second-order valence-corrected chi connectivity index (χ2v) is 7.97. The van der Waals surface area contributed by atoms with E-state index in [0.717, 1.165) is 6.42 Å². The molecule has 5 heteroatoms. The van der Waals surface area contributed by atoms with Crippen LogP contribution in [0.5, 0.6) is 0 Å². The van der Waals surface area contributed by atoms with Crippen LogP contribution < -0.4 is 5.32 Å². The summed E-state index contributed by atoms with van der Waals surface area (Å²) < 4.78 is 32.0. The van der Waals surface area contributed by atoms with Gasteiger partial charge in [-0.05, 0) is 25.2 Å². The zero-order chi connectivity index (χ0) is 17.0. The lowest BCUT2D eigenvalue weighted by Gasteiger charge is -2.22. The Balaban J connectivity index is 4.23. The number of allylic oxidation sites excluding steroid dienone is 1. The fraction of sp³-hybridized carbons (Fsp3) is 0.882. The van der Waals surface area contributed by atoms with E-state index in [4.69, 9.17) is 0 Å². The number of nitrogens with one attached hydrogen (secondary N) is 1. The molecule has 0 aromatic carbocycles. The first-order valence-corrected chi connectivity index (χ1v) is 10.2. The van der Waals surface area contributed by atoms with Crippen LogP contribution in [-0.2, 0) is 10.1 Å². The third-order valence-electron chi connectivity index (χ3n) is 3.90. The van der Waals surface area contributed by atoms with Gasteiger partial charge in [0, 0.05) is 6.54 Å². The molecule has 4 nitrogen and oxygen atoms in total. The standard InChI is InChI=1S/C17H35NO3S/c1-5-7-8-9-10-11-13-16(12-6-2)14-18-17(15(3)4)22(19,20)21/h6,12,15-18H,5,7-11,13-14H2,1-4H3,(H,19,20,21). The molecule has 132 valence electrons. The Morgan fingerprint density at radius 2 is 1.68 bits per heavy atom. The molecule has 0 aromatic heterocycles. The van der Waals surface area contributed by atoms with Crippen molar-refractivity contribution in [2.45, 2.75) is 78.0 Å². The predicted octanol–water partition coefficient (Wildman–Crippen LogP) is 4.39. The van der Waals surface area contributed by atoms with Crippen molar-refractivity contribution in [2.75, 3.05) is 6.54 Å². The third kappa shape index (κ3) is 10.4. The van der Waals surface area contributed by atoms with Gasteiger partial charge in [-0.2, -0.15) is 8.42 Å². The van der Waals surface area contributed by atoms with Crippen molar-refractivity contribution in [1.82, 2.24) is 5.32 Å². The molecule has 0 rings (SSSR count). The summed E-state index contributed by atoms with van der Waals surface area (Å²) >= 11 is 0. The van der Waals surface area contributed by atoms with Crippen molar-refractivity contribution in [1.29, 1.82) is 0 Å². The quantitative estimate of drug-likeness (QED) is 0.298. The lowest BCUT2D eigenvalue weighted by atomic mass is 9.99. The van der Waals surface area contributed by atoms with Crippen LogP contribution >= 0.6 is 0 Å². The Labute approximate surface area is 137 Å². The molecule has 0 aromatic rings. The molecule has 0 amide bonds. The molecule has 22 heavy (non-hydrogen) atoms. The monoisotopic (exact) mass is 333 g/mol. The first-order chi connectivity index (χ1) is 10.3. The number of rotatable bonds is 13. The lowest BCUT2D eigenvalue weighted by Crippen LogP contribution is -2.42. The SMILES string of the molecule is CC=CC(CCCCCCCC)CNC(C(C)C)S(=O)(=O)O. The fourth-order valence-corrected chi connectivity index (χ4v) is 3.67. The van der Waals surface area contributed by atoms with Crippen LogP contribution in [0.2, 0.25) is 0 Å². The average Bonchev–Trinajstić information content (AvgIpc) is 2.40. The highest BCUT2D eigenvalue weighted by molar-refractivity contribution is 7.86. The normalized spacial score (nSPS) is 15.5. The van der Waals surface area contributed by atoms with Gasteiger partial charge in [0.15, 0.2) is 0 Å². The Kier molecular flexibility index (Phi) is 11.9. The summed E-state index contributed by atoms with van der Waals surface area (Å²) in [6.07, 6.45) is 12.8. The van der Waals surface area contributed by atoms with Gasteiger partial charge in [-0.25, -0.2) is 0 Å². The topological polar surface area (TPSA) is 66.4 Å². The molecule has 0 heterocycles. The summed E-state index contributed by atoms with van der Waals surface area (Å²) in [5, 5.41) is 2.13. The summed E-state index contributed by atoms with van der Waals surface area (Å²) in [5.41, 5.74) is 0. The molecule has 0 bridgehead atoms. The van der Waals surface area contributed by atoms with Crippen molar-refractivity contribution < 1.29 is 13.0 Å². The maximum atomic E-state index is 11.4. The van der Waals surface area contributed by atoms with E-state index in [-0.39, 0.29) is 5.92 Å². The van der Waals surface area contributed by atoms with E-state index in [1.807, 2.05) is 13.0 Å². The van der Waals surface area contributed by atoms with Gasteiger partial charge in [0.2, 0.25) is 0 Å². The molecule has 2 unspecified atom stereocenters. The molecular formula is C17H35NO3S. The van der Waals surface area contributed by atoms with Crippen molar-refractivity contribution >= 4 is 10.1 Å². The fourth-order valence-electron chi connectivity index (χ4n) is 2.68. The van der Waals surface area contributed by atoms with Gasteiger partial charge in [0.05, 0.1) is 0 Å². The summed E-state index contributed by atoms with van der Waals surface area (Å²) in [4.78, 5) is 0. The second kappa shape index (κ2) is 12.1. The van der Waals surface area contributed by atoms with Gasteiger partial charge in [0.1, 0.15) is 5.37 Å².